The van der Waals surface area contributed by atoms with Gasteiger partial charge in [-0.05, 0) is 32.0 Å². The smallest absolute Gasteiger partial charge is 0.274 e. The summed E-state index contributed by atoms with van der Waals surface area (Å²) >= 11 is 0. The van der Waals surface area contributed by atoms with E-state index in [1.807, 2.05) is 13.8 Å². The summed E-state index contributed by atoms with van der Waals surface area (Å²) < 4.78 is 28.6. The number of nitrogens with zero attached hydrogens (tertiary/aromatic N) is 2. The van der Waals surface area contributed by atoms with Crippen LogP contribution >= 0.6 is 0 Å². The number of benzene rings is 1. The Labute approximate surface area is 149 Å². The Balaban J connectivity index is 2.42. The van der Waals surface area contributed by atoms with Gasteiger partial charge < -0.3 is 14.8 Å². The molecule has 1 aromatic heterocycles. The molecule has 1 N–H and O–H groups in total. The van der Waals surface area contributed by atoms with E-state index >= 15 is 0 Å². The van der Waals surface area contributed by atoms with Gasteiger partial charge in [-0.2, -0.15) is 0 Å². The van der Waals surface area contributed by atoms with Gasteiger partial charge in [0.15, 0.2) is 0 Å². The summed E-state index contributed by atoms with van der Waals surface area (Å²) in [4.78, 5) is 38.4. The molecule has 0 fully saturated rings. The van der Waals surface area contributed by atoms with Crippen LogP contribution in [0.3, 0.4) is 0 Å². The summed E-state index contributed by atoms with van der Waals surface area (Å²) in [6.45, 7) is 4.57. The second-order valence-electron chi connectivity index (χ2n) is 5.59. The molecule has 26 heavy (non-hydrogen) atoms. The van der Waals surface area contributed by atoms with Crippen LogP contribution in [-0.4, -0.2) is 34.4 Å². The number of pyridine rings is 1. The molecular formula is C18H19F2N3O3. The number of carbonyl (C=O) groups is 2. The van der Waals surface area contributed by atoms with Crippen molar-refractivity contribution < 1.29 is 18.4 Å². The molecule has 0 bridgehead atoms. The van der Waals surface area contributed by atoms with Crippen LogP contribution in [0.5, 0.6) is 0 Å². The summed E-state index contributed by atoms with van der Waals surface area (Å²) in [7, 11) is 1.42. The lowest BCUT2D eigenvalue weighted by atomic mass is 10.1. The first-order valence-corrected chi connectivity index (χ1v) is 8.05. The van der Waals surface area contributed by atoms with Crippen LogP contribution in [-0.2, 0) is 7.05 Å². The fraction of sp³-hybridized carbons (Fsp3) is 0.278. The molecule has 0 saturated carbocycles. The zero-order valence-electron chi connectivity index (χ0n) is 14.7. The van der Waals surface area contributed by atoms with Crippen LogP contribution in [0.1, 0.15) is 34.6 Å². The van der Waals surface area contributed by atoms with Crippen LogP contribution in [0, 0.1) is 11.6 Å². The summed E-state index contributed by atoms with van der Waals surface area (Å²) in [5, 5.41) is 2.20. The van der Waals surface area contributed by atoms with E-state index in [0.29, 0.717) is 13.1 Å². The molecule has 1 aromatic carbocycles. The van der Waals surface area contributed by atoms with Gasteiger partial charge >= 0.3 is 0 Å². The first-order chi connectivity index (χ1) is 12.3. The molecule has 2 aromatic rings. The lowest BCUT2D eigenvalue weighted by Crippen LogP contribution is -2.32. The van der Waals surface area contributed by atoms with E-state index in [9.17, 15) is 23.2 Å². The third kappa shape index (κ3) is 3.79. The molecule has 0 unspecified atom stereocenters. The molecule has 0 aliphatic rings. The molecule has 0 radical (unpaired) electrons. The Bertz CT molecular complexity index is 885. The fourth-order valence-electron chi connectivity index (χ4n) is 2.51. The van der Waals surface area contributed by atoms with Crippen molar-refractivity contribution in [3.63, 3.8) is 0 Å². The zero-order valence-corrected chi connectivity index (χ0v) is 14.7. The van der Waals surface area contributed by atoms with Crippen molar-refractivity contribution in [3.05, 3.63) is 63.6 Å². The molecule has 138 valence electrons. The van der Waals surface area contributed by atoms with E-state index < -0.39 is 28.7 Å². The number of aromatic nitrogens is 1. The molecule has 0 aliphatic heterocycles. The van der Waals surface area contributed by atoms with Gasteiger partial charge in [0, 0.05) is 26.3 Å². The van der Waals surface area contributed by atoms with Crippen LogP contribution in [0.4, 0.5) is 14.5 Å². The maximum atomic E-state index is 13.7. The number of hydrogen-bond acceptors (Lipinski definition) is 3. The van der Waals surface area contributed by atoms with E-state index in [2.05, 4.69) is 5.32 Å². The van der Waals surface area contributed by atoms with Gasteiger partial charge in [0.25, 0.3) is 17.4 Å². The first kappa shape index (κ1) is 19.3. The number of aryl methyl sites for hydroxylation is 1. The van der Waals surface area contributed by atoms with Crippen LogP contribution in [0.25, 0.3) is 0 Å². The highest BCUT2D eigenvalue weighted by Gasteiger charge is 2.20. The highest BCUT2D eigenvalue weighted by atomic mass is 19.1. The van der Waals surface area contributed by atoms with Crippen molar-refractivity contribution in [1.29, 1.82) is 0 Å². The standard InChI is InChI=1S/C18H19F2N3O3/c1-4-23(5-2)17(25)11-9-14(18(26)22(3)10-11)21-16(24)15-12(19)7-6-8-13(15)20/h6-10H,4-5H2,1-3H3,(H,21,24). The van der Waals surface area contributed by atoms with Gasteiger partial charge in [0.1, 0.15) is 22.9 Å². The SMILES string of the molecule is CCN(CC)C(=O)c1cc(NC(=O)c2c(F)cccc2F)c(=O)n(C)c1. The molecular weight excluding hydrogens is 344 g/mol. The maximum absolute atomic E-state index is 13.7. The lowest BCUT2D eigenvalue weighted by molar-refractivity contribution is 0.0771. The number of hydrogen-bond donors (Lipinski definition) is 1. The monoisotopic (exact) mass is 363 g/mol. The van der Waals surface area contributed by atoms with Crippen molar-refractivity contribution in [2.75, 3.05) is 18.4 Å². The molecule has 6 nitrogen and oxygen atoms in total. The van der Waals surface area contributed by atoms with E-state index in [1.54, 1.807) is 4.90 Å². The molecule has 0 aliphatic carbocycles. The number of carbonyl (C=O) groups excluding carboxylic acids is 2. The summed E-state index contributed by atoms with van der Waals surface area (Å²) in [5.74, 6) is -3.52. The zero-order chi connectivity index (χ0) is 19.4. The Morgan fingerprint density at radius 1 is 1.15 bits per heavy atom. The summed E-state index contributed by atoms with van der Waals surface area (Å²) in [6.07, 6.45) is 1.35. The molecule has 0 spiro atoms. The van der Waals surface area contributed by atoms with Gasteiger partial charge in [-0.1, -0.05) is 6.07 Å². The number of nitrogens with one attached hydrogen (secondary N) is 1. The average molecular weight is 363 g/mol. The summed E-state index contributed by atoms with van der Waals surface area (Å²) in [6, 6.07) is 4.22. The molecule has 1 heterocycles. The Morgan fingerprint density at radius 2 is 1.73 bits per heavy atom. The second kappa shape index (κ2) is 7.90. The summed E-state index contributed by atoms with van der Waals surface area (Å²) in [5.41, 5.74) is -1.46. The van der Waals surface area contributed by atoms with E-state index in [1.165, 1.54) is 19.3 Å². The van der Waals surface area contributed by atoms with Crippen molar-refractivity contribution in [1.82, 2.24) is 9.47 Å². The minimum Gasteiger partial charge on any atom is -0.339 e. The Morgan fingerprint density at radius 3 is 2.27 bits per heavy atom. The largest absolute Gasteiger partial charge is 0.339 e. The highest BCUT2D eigenvalue weighted by molar-refractivity contribution is 6.05. The third-order valence-corrected chi connectivity index (χ3v) is 3.92. The molecule has 0 saturated heterocycles. The van der Waals surface area contributed by atoms with E-state index in [0.717, 1.165) is 22.8 Å². The van der Waals surface area contributed by atoms with Crippen molar-refractivity contribution in [3.8, 4) is 0 Å². The predicted octanol–water partition coefficient (Wildman–Crippen LogP) is 2.40. The molecule has 0 atom stereocenters. The number of amides is 2. The van der Waals surface area contributed by atoms with Crippen molar-refractivity contribution in [2.24, 2.45) is 7.05 Å². The normalized spacial score (nSPS) is 10.5. The second-order valence-corrected chi connectivity index (χ2v) is 5.59. The third-order valence-electron chi connectivity index (χ3n) is 3.92. The average Bonchev–Trinajstić information content (AvgIpc) is 2.59. The van der Waals surface area contributed by atoms with Gasteiger partial charge in [-0.25, -0.2) is 8.78 Å². The topological polar surface area (TPSA) is 71.4 Å². The highest BCUT2D eigenvalue weighted by Crippen LogP contribution is 2.15. The van der Waals surface area contributed by atoms with Crippen LogP contribution in [0.15, 0.2) is 35.3 Å². The Kier molecular flexibility index (Phi) is 5.86. The van der Waals surface area contributed by atoms with E-state index in [4.69, 9.17) is 0 Å². The van der Waals surface area contributed by atoms with E-state index in [-0.39, 0.29) is 17.2 Å². The molecule has 2 amide bonds. The predicted molar refractivity (Wildman–Crippen MR) is 93.2 cm³/mol. The molecule has 2 rings (SSSR count). The van der Waals surface area contributed by atoms with Gasteiger partial charge in [-0.15, -0.1) is 0 Å². The number of halogens is 2. The fourth-order valence-corrected chi connectivity index (χ4v) is 2.51. The van der Waals surface area contributed by atoms with Crippen molar-refractivity contribution in [2.45, 2.75) is 13.8 Å². The maximum Gasteiger partial charge on any atom is 0.274 e. The Hall–Kier alpha value is -3.03. The van der Waals surface area contributed by atoms with Gasteiger partial charge in [0.2, 0.25) is 0 Å². The van der Waals surface area contributed by atoms with Crippen molar-refractivity contribution >= 4 is 17.5 Å². The first-order valence-electron chi connectivity index (χ1n) is 8.05. The van der Waals surface area contributed by atoms with Gasteiger partial charge in [-0.3, -0.25) is 14.4 Å². The minimum absolute atomic E-state index is 0.181. The van der Waals surface area contributed by atoms with Crippen LogP contribution < -0.4 is 10.9 Å². The van der Waals surface area contributed by atoms with Crippen LogP contribution in [0.2, 0.25) is 0 Å². The number of rotatable bonds is 5. The minimum atomic E-state index is -1.11. The lowest BCUT2D eigenvalue weighted by Gasteiger charge is -2.19. The number of anilines is 1. The van der Waals surface area contributed by atoms with Gasteiger partial charge in [0.05, 0.1) is 5.56 Å². The molecule has 8 heteroatoms. The quantitative estimate of drug-likeness (QED) is 0.887.